The Bertz CT molecular complexity index is 698. The van der Waals surface area contributed by atoms with Gasteiger partial charge in [-0.2, -0.15) is 4.39 Å². The largest absolute Gasteiger partial charge is 0.402 e. The molecule has 0 atom stereocenters. The molecule has 0 radical (unpaired) electrons. The fraction of sp³-hybridized carbons (Fsp3) is 0.353. The van der Waals surface area contributed by atoms with Crippen molar-refractivity contribution in [2.24, 2.45) is 16.5 Å². The molecule has 0 bridgehead atoms. The van der Waals surface area contributed by atoms with Gasteiger partial charge < -0.3 is 16.8 Å². The number of hydrogen-bond acceptors (Lipinski definition) is 5. The average Bonchev–Trinajstić information content (AvgIpc) is 2.51. The van der Waals surface area contributed by atoms with Crippen LogP contribution in [0.5, 0.6) is 0 Å². The first-order valence-electron chi connectivity index (χ1n) is 7.68. The summed E-state index contributed by atoms with van der Waals surface area (Å²) in [7, 11) is 1.63. The second-order valence-corrected chi connectivity index (χ2v) is 5.93. The number of benzene rings is 1. The Morgan fingerprint density at radius 3 is 2.25 bits per heavy atom. The molecule has 1 fully saturated rings. The van der Waals surface area contributed by atoms with Gasteiger partial charge in [-0.3, -0.25) is 15.2 Å². The van der Waals surface area contributed by atoms with Crippen LogP contribution in [-0.4, -0.2) is 36.7 Å². The van der Waals surface area contributed by atoms with Crippen LogP contribution in [0.4, 0.5) is 4.39 Å². The number of rotatable bonds is 5. The minimum Gasteiger partial charge on any atom is -0.402 e. The van der Waals surface area contributed by atoms with Crippen molar-refractivity contribution in [3.05, 3.63) is 46.7 Å². The summed E-state index contributed by atoms with van der Waals surface area (Å²) >= 11 is 0. The fourth-order valence-electron chi connectivity index (χ4n) is 2.64. The average molecular weight is 331 g/mol. The molecular weight excluding hydrogens is 309 g/mol. The predicted molar refractivity (Wildman–Crippen MR) is 93.1 cm³/mol. The molecule has 7 heteroatoms. The number of nitrogens with one attached hydrogen (secondary N) is 2. The van der Waals surface area contributed by atoms with Crippen molar-refractivity contribution in [2.45, 2.75) is 31.8 Å². The maximum atomic E-state index is 12.7. The number of carbonyl (C=O) groups excluding carboxylic acids is 1. The number of nitrogens with zero attached hydrogens (tertiary/aromatic N) is 1. The van der Waals surface area contributed by atoms with Crippen LogP contribution in [-0.2, 0) is 0 Å². The highest BCUT2D eigenvalue weighted by Crippen LogP contribution is 2.20. The molecule has 0 saturated heterocycles. The topological polar surface area (TPSA) is 117 Å². The van der Waals surface area contributed by atoms with Crippen molar-refractivity contribution in [3.63, 3.8) is 0 Å². The maximum Gasteiger partial charge on any atom is 0.332 e. The second kappa shape index (κ2) is 7.35. The van der Waals surface area contributed by atoms with Gasteiger partial charge in [-0.15, -0.1) is 0 Å². The van der Waals surface area contributed by atoms with Crippen LogP contribution >= 0.6 is 0 Å². The third kappa shape index (κ3) is 3.86. The molecule has 0 amide bonds. The van der Waals surface area contributed by atoms with Gasteiger partial charge in [-0.1, -0.05) is 12.1 Å². The molecular formula is C17H22FN5O. The van der Waals surface area contributed by atoms with Crippen molar-refractivity contribution in [2.75, 3.05) is 7.05 Å². The number of hydrogen-bond donors (Lipinski definition) is 4. The molecule has 1 aromatic carbocycles. The summed E-state index contributed by atoms with van der Waals surface area (Å²) in [4.78, 5) is 14.9. The SMILES string of the molecule is CN=C(NC1CC(N)C1)/C(C(=N)c1ccc(C(=O)F)cc1)=C(\C)N. The number of allylic oxidation sites excluding steroid dienone is 1. The molecule has 2 rings (SSSR count). The van der Waals surface area contributed by atoms with Crippen molar-refractivity contribution in [1.29, 1.82) is 5.41 Å². The third-order valence-corrected chi connectivity index (χ3v) is 4.02. The molecule has 6 nitrogen and oxygen atoms in total. The zero-order valence-electron chi connectivity index (χ0n) is 13.8. The zero-order chi connectivity index (χ0) is 17.9. The normalized spacial score (nSPS) is 21.6. The molecule has 1 aliphatic carbocycles. The number of halogens is 1. The van der Waals surface area contributed by atoms with E-state index in [1.807, 2.05) is 0 Å². The van der Waals surface area contributed by atoms with Crippen LogP contribution in [0.1, 0.15) is 35.7 Å². The molecule has 0 spiro atoms. The number of carbonyl (C=O) groups is 1. The quantitative estimate of drug-likeness (QED) is 0.371. The second-order valence-electron chi connectivity index (χ2n) is 5.93. The van der Waals surface area contributed by atoms with E-state index >= 15 is 0 Å². The van der Waals surface area contributed by atoms with Gasteiger partial charge in [0.2, 0.25) is 0 Å². The highest BCUT2D eigenvalue weighted by atomic mass is 19.1. The third-order valence-electron chi connectivity index (χ3n) is 4.02. The van der Waals surface area contributed by atoms with E-state index in [2.05, 4.69) is 10.3 Å². The first-order chi connectivity index (χ1) is 11.3. The van der Waals surface area contributed by atoms with Gasteiger partial charge in [0.05, 0.1) is 16.8 Å². The Balaban J connectivity index is 2.24. The summed E-state index contributed by atoms with van der Waals surface area (Å²) in [6.45, 7) is 1.70. The lowest BCUT2D eigenvalue weighted by Crippen LogP contribution is -2.51. The predicted octanol–water partition coefficient (Wildman–Crippen LogP) is 1.50. The van der Waals surface area contributed by atoms with E-state index in [1.54, 1.807) is 14.0 Å². The van der Waals surface area contributed by atoms with E-state index in [-0.39, 0.29) is 23.4 Å². The molecule has 0 aliphatic heterocycles. The molecule has 1 aliphatic rings. The molecule has 1 aromatic rings. The van der Waals surface area contributed by atoms with Crippen LogP contribution in [0.3, 0.4) is 0 Å². The molecule has 0 aromatic heterocycles. The molecule has 0 unspecified atom stereocenters. The molecule has 6 N–H and O–H groups in total. The molecule has 1 saturated carbocycles. The van der Waals surface area contributed by atoms with Gasteiger partial charge in [-0.25, -0.2) is 0 Å². The van der Waals surface area contributed by atoms with Crippen LogP contribution in [0, 0.1) is 5.41 Å². The minimum atomic E-state index is -1.50. The summed E-state index contributed by atoms with van der Waals surface area (Å²) in [5.74, 6) is 0.530. The van der Waals surface area contributed by atoms with E-state index in [1.165, 1.54) is 24.3 Å². The van der Waals surface area contributed by atoms with E-state index in [9.17, 15) is 9.18 Å². The van der Waals surface area contributed by atoms with Crippen molar-refractivity contribution >= 4 is 17.6 Å². The lowest BCUT2D eigenvalue weighted by molar-refractivity contribution is 0.0836. The van der Waals surface area contributed by atoms with Crippen LogP contribution in [0.2, 0.25) is 0 Å². The number of nitrogens with two attached hydrogens (primary N) is 2. The number of aliphatic imine (C=N–C) groups is 1. The van der Waals surface area contributed by atoms with Gasteiger partial charge in [0.15, 0.2) is 0 Å². The van der Waals surface area contributed by atoms with Crippen LogP contribution < -0.4 is 16.8 Å². The van der Waals surface area contributed by atoms with Gasteiger partial charge >= 0.3 is 6.04 Å². The van der Waals surface area contributed by atoms with Gasteiger partial charge in [0, 0.05) is 30.4 Å². The summed E-state index contributed by atoms with van der Waals surface area (Å²) in [5.41, 5.74) is 13.3. The van der Waals surface area contributed by atoms with Gasteiger partial charge in [0.1, 0.15) is 5.84 Å². The first-order valence-corrected chi connectivity index (χ1v) is 7.68. The Morgan fingerprint density at radius 1 is 1.29 bits per heavy atom. The Labute approximate surface area is 140 Å². The monoisotopic (exact) mass is 331 g/mol. The summed E-state index contributed by atoms with van der Waals surface area (Å²) in [6.07, 6.45) is 1.69. The smallest absolute Gasteiger partial charge is 0.332 e. The summed E-state index contributed by atoms with van der Waals surface area (Å²) < 4.78 is 12.7. The first kappa shape index (κ1) is 17.8. The lowest BCUT2D eigenvalue weighted by atomic mass is 9.87. The summed E-state index contributed by atoms with van der Waals surface area (Å²) in [6, 6.07) is 4.63. The lowest BCUT2D eigenvalue weighted by Gasteiger charge is -2.34. The van der Waals surface area contributed by atoms with Crippen molar-refractivity contribution in [3.8, 4) is 0 Å². The Morgan fingerprint density at radius 2 is 1.83 bits per heavy atom. The van der Waals surface area contributed by atoms with Gasteiger partial charge in [-0.05, 0) is 31.9 Å². The van der Waals surface area contributed by atoms with E-state index in [0.717, 1.165) is 12.8 Å². The summed E-state index contributed by atoms with van der Waals surface area (Å²) in [5, 5.41) is 11.7. The molecule has 0 heterocycles. The van der Waals surface area contributed by atoms with Crippen LogP contribution in [0.15, 0.2) is 40.5 Å². The van der Waals surface area contributed by atoms with Crippen LogP contribution in [0.25, 0.3) is 0 Å². The minimum absolute atomic E-state index is 0.0486. The standard InChI is InChI=1S/C17H22FN5O/c1-9(19)14(17(22-2)23-13-7-12(20)8-13)15(21)10-3-5-11(6-4-10)16(18)24/h3-6,12-13,21H,7-8,19-20H2,1-2H3,(H,22,23)/b14-9+,21-15?. The van der Waals surface area contributed by atoms with Crippen molar-refractivity contribution < 1.29 is 9.18 Å². The number of amidine groups is 1. The maximum absolute atomic E-state index is 12.7. The Kier molecular flexibility index (Phi) is 5.46. The van der Waals surface area contributed by atoms with E-state index < -0.39 is 6.04 Å². The van der Waals surface area contributed by atoms with E-state index in [4.69, 9.17) is 16.9 Å². The Hall–Kier alpha value is -2.54. The highest BCUT2D eigenvalue weighted by molar-refractivity contribution is 6.28. The highest BCUT2D eigenvalue weighted by Gasteiger charge is 2.28. The molecule has 24 heavy (non-hydrogen) atoms. The molecule has 128 valence electrons. The zero-order valence-corrected chi connectivity index (χ0v) is 13.8. The van der Waals surface area contributed by atoms with E-state index in [0.29, 0.717) is 22.7 Å². The van der Waals surface area contributed by atoms with Crippen molar-refractivity contribution in [1.82, 2.24) is 5.32 Å². The van der Waals surface area contributed by atoms with Gasteiger partial charge in [0.25, 0.3) is 0 Å². The fourth-order valence-corrected chi connectivity index (χ4v) is 2.64.